The van der Waals surface area contributed by atoms with Gasteiger partial charge in [-0.25, -0.2) is 0 Å². The Labute approximate surface area is 112 Å². The number of halogens is 1. The minimum absolute atomic E-state index is 0.0365. The van der Waals surface area contributed by atoms with Gasteiger partial charge in [-0.05, 0) is 25.7 Å². The maximum atomic E-state index is 12.0. The second kappa shape index (κ2) is 5.70. The fraction of sp³-hybridized carbons (Fsp3) is 0.923. The van der Waals surface area contributed by atoms with E-state index in [1.54, 1.807) is 0 Å². The van der Waals surface area contributed by atoms with Crippen LogP contribution in [0.2, 0.25) is 0 Å². The molecule has 0 bridgehead atoms. The molecule has 1 aliphatic carbocycles. The summed E-state index contributed by atoms with van der Waals surface area (Å²) in [7, 11) is 0. The second-order valence-corrected chi connectivity index (χ2v) is 6.61. The van der Waals surface area contributed by atoms with Crippen molar-refractivity contribution in [2.24, 2.45) is 0 Å². The second-order valence-electron chi connectivity index (χ2n) is 5.51. The van der Waals surface area contributed by atoms with Crippen molar-refractivity contribution in [3.8, 4) is 0 Å². The average Bonchev–Trinajstić information content (AvgIpc) is 2.50. The zero-order valence-electron chi connectivity index (χ0n) is 10.3. The molecule has 0 aromatic carbocycles. The number of piperidine rings is 1. The van der Waals surface area contributed by atoms with E-state index < -0.39 is 5.60 Å². The smallest absolute Gasteiger partial charge is 0.236 e. The highest BCUT2D eigenvalue weighted by molar-refractivity contribution is 9.10. The van der Waals surface area contributed by atoms with E-state index >= 15 is 0 Å². The number of amides is 1. The Balaban J connectivity index is 1.96. The summed E-state index contributed by atoms with van der Waals surface area (Å²) in [6.07, 6.45) is 8.29. The number of likely N-dealkylation sites (tertiary alicyclic amines) is 1. The highest BCUT2D eigenvalue weighted by Crippen LogP contribution is 2.29. The Morgan fingerprint density at radius 2 is 1.88 bits per heavy atom. The first-order valence-electron chi connectivity index (χ1n) is 6.76. The quantitative estimate of drug-likeness (QED) is 0.629. The topological polar surface area (TPSA) is 40.5 Å². The van der Waals surface area contributed by atoms with Gasteiger partial charge in [-0.3, -0.25) is 4.79 Å². The van der Waals surface area contributed by atoms with Gasteiger partial charge < -0.3 is 10.0 Å². The Morgan fingerprint density at radius 3 is 2.53 bits per heavy atom. The molecule has 2 aliphatic rings. The number of β-amino-alcohol motifs (C(OH)–C–C–N with tert-alkyl or cyclic N) is 1. The molecule has 1 unspecified atom stereocenters. The number of carbonyl (C=O) groups is 1. The number of nitrogens with zero attached hydrogens (tertiary/aromatic N) is 1. The Bertz CT molecular complexity index is 275. The van der Waals surface area contributed by atoms with Crippen LogP contribution in [0.3, 0.4) is 0 Å². The van der Waals surface area contributed by atoms with E-state index in [-0.39, 0.29) is 10.7 Å². The lowest BCUT2D eigenvalue weighted by Crippen LogP contribution is -2.50. The van der Waals surface area contributed by atoms with Gasteiger partial charge in [0.25, 0.3) is 0 Å². The minimum atomic E-state index is -0.629. The summed E-state index contributed by atoms with van der Waals surface area (Å²) in [5.74, 6) is 0.161. The minimum Gasteiger partial charge on any atom is -0.388 e. The summed E-state index contributed by atoms with van der Waals surface area (Å²) >= 11 is 3.42. The van der Waals surface area contributed by atoms with Crippen LogP contribution in [0.4, 0.5) is 0 Å². The number of rotatable bonds is 2. The van der Waals surface area contributed by atoms with E-state index in [2.05, 4.69) is 15.9 Å². The predicted octanol–water partition coefficient (Wildman–Crippen LogP) is 2.46. The number of hydrogen-bond donors (Lipinski definition) is 1. The van der Waals surface area contributed by atoms with E-state index in [4.69, 9.17) is 0 Å². The molecular weight excluding hydrogens is 282 g/mol. The standard InChI is InChI=1S/C13H22BrNO2/c14-11-6-5-9-15(12(11)16)10-13(17)7-3-1-2-4-8-13/h11,17H,1-10H2. The molecule has 1 saturated heterocycles. The number of carbonyl (C=O) groups excluding carboxylic acids is 1. The van der Waals surface area contributed by atoms with Crippen LogP contribution in [-0.2, 0) is 4.79 Å². The van der Waals surface area contributed by atoms with E-state index in [0.717, 1.165) is 45.1 Å². The zero-order chi connectivity index (χ0) is 12.3. The molecule has 1 amide bonds. The largest absolute Gasteiger partial charge is 0.388 e. The van der Waals surface area contributed by atoms with Crippen LogP contribution >= 0.6 is 15.9 Å². The molecule has 1 atom stereocenters. The van der Waals surface area contributed by atoms with Crippen LogP contribution in [0.5, 0.6) is 0 Å². The molecule has 98 valence electrons. The third-order valence-corrected chi connectivity index (χ3v) is 4.83. The summed E-state index contributed by atoms with van der Waals surface area (Å²) in [5.41, 5.74) is -0.629. The molecule has 1 heterocycles. The van der Waals surface area contributed by atoms with Crippen molar-refractivity contribution in [2.75, 3.05) is 13.1 Å². The Morgan fingerprint density at radius 1 is 1.24 bits per heavy atom. The van der Waals surface area contributed by atoms with Gasteiger partial charge in [0.15, 0.2) is 0 Å². The van der Waals surface area contributed by atoms with Gasteiger partial charge in [0.2, 0.25) is 5.91 Å². The molecule has 1 N–H and O–H groups in total. The molecule has 2 fully saturated rings. The molecule has 1 aliphatic heterocycles. The third-order valence-electron chi connectivity index (χ3n) is 3.98. The molecule has 0 aromatic heterocycles. The summed E-state index contributed by atoms with van der Waals surface area (Å²) < 4.78 is 0. The molecule has 17 heavy (non-hydrogen) atoms. The lowest BCUT2D eigenvalue weighted by molar-refractivity contribution is -0.136. The van der Waals surface area contributed by atoms with Gasteiger partial charge in [-0.1, -0.05) is 41.6 Å². The van der Waals surface area contributed by atoms with Gasteiger partial charge in [0, 0.05) is 13.1 Å². The first-order valence-corrected chi connectivity index (χ1v) is 7.68. The van der Waals surface area contributed by atoms with Crippen LogP contribution in [0.15, 0.2) is 0 Å². The normalized spacial score (nSPS) is 30.1. The fourth-order valence-electron chi connectivity index (χ4n) is 2.95. The van der Waals surface area contributed by atoms with Crippen molar-refractivity contribution in [2.45, 2.75) is 61.8 Å². The van der Waals surface area contributed by atoms with Crippen molar-refractivity contribution in [1.82, 2.24) is 4.90 Å². The zero-order valence-corrected chi connectivity index (χ0v) is 11.9. The van der Waals surface area contributed by atoms with Gasteiger partial charge in [-0.2, -0.15) is 0 Å². The molecule has 2 rings (SSSR count). The van der Waals surface area contributed by atoms with Crippen molar-refractivity contribution >= 4 is 21.8 Å². The molecule has 1 saturated carbocycles. The average molecular weight is 304 g/mol. The third kappa shape index (κ3) is 3.44. The van der Waals surface area contributed by atoms with Crippen LogP contribution in [0.25, 0.3) is 0 Å². The van der Waals surface area contributed by atoms with Crippen LogP contribution in [0, 0.1) is 0 Å². The van der Waals surface area contributed by atoms with Gasteiger partial charge in [0.1, 0.15) is 0 Å². The molecule has 4 heteroatoms. The van der Waals surface area contributed by atoms with E-state index in [0.29, 0.717) is 6.54 Å². The first-order chi connectivity index (χ1) is 8.11. The molecule has 0 aromatic rings. The predicted molar refractivity (Wildman–Crippen MR) is 71.2 cm³/mol. The number of aliphatic hydroxyl groups is 1. The monoisotopic (exact) mass is 303 g/mol. The Kier molecular flexibility index (Phi) is 4.47. The van der Waals surface area contributed by atoms with Crippen molar-refractivity contribution in [1.29, 1.82) is 0 Å². The van der Waals surface area contributed by atoms with Crippen molar-refractivity contribution < 1.29 is 9.90 Å². The fourth-order valence-corrected chi connectivity index (χ4v) is 3.56. The van der Waals surface area contributed by atoms with Crippen LogP contribution < -0.4 is 0 Å². The maximum absolute atomic E-state index is 12.0. The summed E-state index contributed by atoms with van der Waals surface area (Å²) in [4.78, 5) is 13.8. The van der Waals surface area contributed by atoms with E-state index in [1.807, 2.05) is 4.90 Å². The molecule has 0 radical (unpaired) electrons. The van der Waals surface area contributed by atoms with Gasteiger partial charge in [0.05, 0.1) is 10.4 Å². The number of alkyl halides is 1. The van der Waals surface area contributed by atoms with Crippen molar-refractivity contribution in [3.05, 3.63) is 0 Å². The lowest BCUT2D eigenvalue weighted by atomic mass is 9.93. The lowest BCUT2D eigenvalue weighted by Gasteiger charge is -2.37. The SMILES string of the molecule is O=C1C(Br)CCCN1CC1(O)CCCCCC1. The van der Waals surface area contributed by atoms with Crippen LogP contribution in [0.1, 0.15) is 51.4 Å². The van der Waals surface area contributed by atoms with Gasteiger partial charge in [-0.15, -0.1) is 0 Å². The highest BCUT2D eigenvalue weighted by atomic mass is 79.9. The molecular formula is C13H22BrNO2. The highest BCUT2D eigenvalue weighted by Gasteiger charge is 2.35. The maximum Gasteiger partial charge on any atom is 0.236 e. The number of hydrogen-bond acceptors (Lipinski definition) is 2. The molecule has 3 nitrogen and oxygen atoms in total. The van der Waals surface area contributed by atoms with Crippen molar-refractivity contribution in [3.63, 3.8) is 0 Å². The first kappa shape index (κ1) is 13.3. The van der Waals surface area contributed by atoms with Crippen LogP contribution in [-0.4, -0.2) is 39.4 Å². The molecule has 0 spiro atoms. The summed E-state index contributed by atoms with van der Waals surface area (Å²) in [5, 5.41) is 10.6. The van der Waals surface area contributed by atoms with E-state index in [9.17, 15) is 9.90 Å². The summed E-state index contributed by atoms with van der Waals surface area (Å²) in [6, 6.07) is 0. The van der Waals surface area contributed by atoms with Gasteiger partial charge >= 0.3 is 0 Å². The Hall–Kier alpha value is -0.0900. The van der Waals surface area contributed by atoms with E-state index in [1.165, 1.54) is 12.8 Å². The summed E-state index contributed by atoms with van der Waals surface area (Å²) in [6.45, 7) is 1.34.